The van der Waals surface area contributed by atoms with Crippen molar-refractivity contribution in [1.82, 2.24) is 4.90 Å². The predicted octanol–water partition coefficient (Wildman–Crippen LogP) is 1.71. The Labute approximate surface area is 111 Å². The van der Waals surface area contributed by atoms with Crippen molar-refractivity contribution >= 4 is 25.6 Å². The fourth-order valence-electron chi connectivity index (χ4n) is 1.36. The lowest BCUT2D eigenvalue weighted by atomic mass is 10.2. The van der Waals surface area contributed by atoms with E-state index in [-0.39, 0.29) is 22.1 Å². The summed E-state index contributed by atoms with van der Waals surface area (Å²) in [6.45, 7) is 2.34. The van der Waals surface area contributed by atoms with Crippen molar-refractivity contribution in [2.45, 2.75) is 11.8 Å². The van der Waals surface area contributed by atoms with E-state index >= 15 is 0 Å². The molecule has 0 aliphatic heterocycles. The van der Waals surface area contributed by atoms with E-state index < -0.39 is 9.05 Å². The second kappa shape index (κ2) is 5.58. The maximum Gasteiger partial charge on any atom is 0.265 e. The van der Waals surface area contributed by atoms with E-state index in [1.807, 2.05) is 6.92 Å². The Morgan fingerprint density at radius 2 is 2.06 bits per heavy atom. The van der Waals surface area contributed by atoms with Gasteiger partial charge >= 0.3 is 0 Å². The van der Waals surface area contributed by atoms with Crippen LogP contribution in [0.4, 0.5) is 0 Å². The number of benzene rings is 1. The summed E-state index contributed by atoms with van der Waals surface area (Å²) in [4.78, 5) is 13.2. The van der Waals surface area contributed by atoms with Crippen LogP contribution in [0.25, 0.3) is 0 Å². The van der Waals surface area contributed by atoms with Gasteiger partial charge in [-0.2, -0.15) is 0 Å². The third kappa shape index (κ3) is 3.14. The molecule has 0 heterocycles. The first-order valence-electron chi connectivity index (χ1n) is 5.19. The van der Waals surface area contributed by atoms with Gasteiger partial charge in [-0.1, -0.05) is 0 Å². The molecule has 1 aromatic rings. The van der Waals surface area contributed by atoms with Gasteiger partial charge in [0, 0.05) is 29.8 Å². The highest BCUT2D eigenvalue weighted by Crippen LogP contribution is 2.28. The molecule has 0 aliphatic rings. The molecule has 5 nitrogen and oxygen atoms in total. The van der Waals surface area contributed by atoms with E-state index in [0.717, 1.165) is 0 Å². The molecule has 18 heavy (non-hydrogen) atoms. The van der Waals surface area contributed by atoms with E-state index in [1.165, 1.54) is 30.2 Å². The van der Waals surface area contributed by atoms with Crippen molar-refractivity contribution in [3.63, 3.8) is 0 Å². The highest BCUT2D eigenvalue weighted by atomic mass is 35.7. The van der Waals surface area contributed by atoms with Crippen molar-refractivity contribution in [1.29, 1.82) is 0 Å². The minimum Gasteiger partial charge on any atom is -0.495 e. The van der Waals surface area contributed by atoms with Crippen LogP contribution in [0.3, 0.4) is 0 Å². The molecule has 0 aromatic heterocycles. The highest BCUT2D eigenvalue weighted by molar-refractivity contribution is 8.13. The molecule has 0 radical (unpaired) electrons. The van der Waals surface area contributed by atoms with Crippen LogP contribution in [0.1, 0.15) is 17.3 Å². The number of hydrogen-bond donors (Lipinski definition) is 0. The molecule has 0 N–H and O–H groups in total. The maximum absolute atomic E-state index is 11.9. The molecule has 0 fully saturated rings. The largest absolute Gasteiger partial charge is 0.495 e. The summed E-state index contributed by atoms with van der Waals surface area (Å²) in [6.07, 6.45) is 0. The monoisotopic (exact) mass is 291 g/mol. The van der Waals surface area contributed by atoms with Gasteiger partial charge in [-0.15, -0.1) is 0 Å². The molecule has 7 heteroatoms. The third-order valence-corrected chi connectivity index (χ3v) is 3.84. The van der Waals surface area contributed by atoms with E-state index in [1.54, 1.807) is 7.05 Å². The minimum absolute atomic E-state index is 0.112. The van der Waals surface area contributed by atoms with Crippen molar-refractivity contribution in [2.75, 3.05) is 20.7 Å². The molecule has 1 amide bonds. The summed E-state index contributed by atoms with van der Waals surface area (Å²) in [5, 5.41) is 0. The summed E-state index contributed by atoms with van der Waals surface area (Å²) in [5.41, 5.74) is 0.249. The number of rotatable bonds is 4. The third-order valence-electron chi connectivity index (χ3n) is 2.49. The van der Waals surface area contributed by atoms with Gasteiger partial charge in [0.15, 0.2) is 0 Å². The van der Waals surface area contributed by atoms with Crippen LogP contribution >= 0.6 is 10.7 Å². The van der Waals surface area contributed by atoms with Crippen LogP contribution in [-0.2, 0) is 9.05 Å². The lowest BCUT2D eigenvalue weighted by Gasteiger charge is -2.15. The van der Waals surface area contributed by atoms with Crippen LogP contribution < -0.4 is 4.74 Å². The number of halogens is 1. The molecule has 0 saturated heterocycles. The Hall–Kier alpha value is -1.27. The fourth-order valence-corrected chi connectivity index (χ4v) is 2.39. The van der Waals surface area contributed by atoms with Crippen LogP contribution in [0, 0.1) is 0 Å². The Balaban J connectivity index is 3.32. The number of amides is 1. The zero-order valence-corrected chi connectivity index (χ0v) is 11.9. The minimum atomic E-state index is -3.96. The van der Waals surface area contributed by atoms with Gasteiger partial charge in [0.1, 0.15) is 10.6 Å². The molecule has 0 atom stereocenters. The number of carbonyl (C=O) groups is 1. The van der Waals surface area contributed by atoms with Crippen LogP contribution in [-0.4, -0.2) is 39.9 Å². The number of carbonyl (C=O) groups excluding carboxylic acids is 1. The molecule has 1 rings (SSSR count). The van der Waals surface area contributed by atoms with E-state index in [2.05, 4.69) is 0 Å². The summed E-state index contributed by atoms with van der Waals surface area (Å²) in [7, 11) is 4.30. The standard InChI is InChI=1S/C11H14ClNO4S/c1-4-13(2)11(14)8-5-6-9(17-3)10(7-8)18(12,15)16/h5-7H,4H2,1-3H3. The summed E-state index contributed by atoms with van der Waals surface area (Å²) < 4.78 is 27.7. The zero-order chi connectivity index (χ0) is 13.9. The van der Waals surface area contributed by atoms with Crippen LogP contribution in [0.2, 0.25) is 0 Å². The fraction of sp³-hybridized carbons (Fsp3) is 0.364. The number of hydrogen-bond acceptors (Lipinski definition) is 4. The van der Waals surface area contributed by atoms with Crippen molar-refractivity contribution < 1.29 is 17.9 Å². The predicted molar refractivity (Wildman–Crippen MR) is 68.7 cm³/mol. The van der Waals surface area contributed by atoms with Gasteiger partial charge in [0.25, 0.3) is 15.0 Å². The Kier molecular flexibility index (Phi) is 4.59. The molecular formula is C11H14ClNO4S. The number of methoxy groups -OCH3 is 1. The van der Waals surface area contributed by atoms with Gasteiger partial charge in [0.2, 0.25) is 0 Å². The SMILES string of the molecule is CCN(C)C(=O)c1ccc(OC)c(S(=O)(=O)Cl)c1. The smallest absolute Gasteiger partial charge is 0.265 e. The first-order chi connectivity index (χ1) is 8.31. The first kappa shape index (κ1) is 14.8. The van der Waals surface area contributed by atoms with Crippen molar-refractivity contribution in [3.8, 4) is 5.75 Å². The topological polar surface area (TPSA) is 63.7 Å². The Bertz CT molecular complexity index is 556. The van der Waals surface area contributed by atoms with Gasteiger partial charge < -0.3 is 9.64 Å². The van der Waals surface area contributed by atoms with Gasteiger partial charge in [0.05, 0.1) is 7.11 Å². The molecule has 1 aromatic carbocycles. The zero-order valence-electron chi connectivity index (χ0n) is 10.3. The molecule has 0 aliphatic carbocycles. The van der Waals surface area contributed by atoms with Gasteiger partial charge in [-0.3, -0.25) is 4.79 Å². The van der Waals surface area contributed by atoms with Gasteiger partial charge in [-0.05, 0) is 25.1 Å². The average Bonchev–Trinajstić information content (AvgIpc) is 2.35. The highest BCUT2D eigenvalue weighted by Gasteiger charge is 2.20. The molecule has 0 spiro atoms. The Morgan fingerprint density at radius 1 is 1.44 bits per heavy atom. The second-order valence-corrected chi connectivity index (χ2v) is 6.16. The Morgan fingerprint density at radius 3 is 2.50 bits per heavy atom. The molecule has 0 saturated carbocycles. The summed E-state index contributed by atoms with van der Waals surface area (Å²) in [5.74, 6) is -0.164. The quantitative estimate of drug-likeness (QED) is 0.792. The van der Waals surface area contributed by atoms with Crippen molar-refractivity contribution in [3.05, 3.63) is 23.8 Å². The molecular weight excluding hydrogens is 278 g/mol. The molecule has 100 valence electrons. The van der Waals surface area contributed by atoms with E-state index in [0.29, 0.717) is 6.54 Å². The molecule has 0 bridgehead atoms. The number of nitrogens with zero attached hydrogens (tertiary/aromatic N) is 1. The van der Waals surface area contributed by atoms with Crippen molar-refractivity contribution in [2.24, 2.45) is 0 Å². The molecule has 0 unspecified atom stereocenters. The average molecular weight is 292 g/mol. The second-order valence-electron chi connectivity index (χ2n) is 3.62. The first-order valence-corrected chi connectivity index (χ1v) is 7.50. The summed E-state index contributed by atoms with van der Waals surface area (Å²) >= 11 is 0. The van der Waals surface area contributed by atoms with E-state index in [9.17, 15) is 13.2 Å². The van der Waals surface area contributed by atoms with Crippen LogP contribution in [0.5, 0.6) is 5.75 Å². The lowest BCUT2D eigenvalue weighted by molar-refractivity contribution is 0.0802. The van der Waals surface area contributed by atoms with Crippen LogP contribution in [0.15, 0.2) is 23.1 Å². The summed E-state index contributed by atoms with van der Waals surface area (Å²) in [6, 6.07) is 4.13. The lowest BCUT2D eigenvalue weighted by Crippen LogP contribution is -2.26. The van der Waals surface area contributed by atoms with Gasteiger partial charge in [-0.25, -0.2) is 8.42 Å². The van der Waals surface area contributed by atoms with E-state index in [4.69, 9.17) is 15.4 Å². The normalized spacial score (nSPS) is 11.1. The number of ether oxygens (including phenoxy) is 1. The maximum atomic E-state index is 11.9.